The van der Waals surface area contributed by atoms with Crippen LogP contribution < -0.4 is 5.32 Å². The maximum atomic E-state index is 5.28. The molecule has 4 heteroatoms. The first kappa shape index (κ1) is 12.6. The lowest BCUT2D eigenvalue weighted by atomic mass is 9.89. The summed E-state index contributed by atoms with van der Waals surface area (Å²) in [5.41, 5.74) is 2.31. The van der Waals surface area contributed by atoms with E-state index in [-0.39, 0.29) is 0 Å². The summed E-state index contributed by atoms with van der Waals surface area (Å²) in [6, 6.07) is 8.94. The maximum Gasteiger partial charge on any atom is 0.0958 e. The van der Waals surface area contributed by atoms with Crippen LogP contribution in [0.3, 0.4) is 0 Å². The highest BCUT2D eigenvalue weighted by Crippen LogP contribution is 2.22. The van der Waals surface area contributed by atoms with Gasteiger partial charge in [0.15, 0.2) is 0 Å². The van der Waals surface area contributed by atoms with E-state index in [1.807, 2.05) is 12.4 Å². The zero-order valence-electron chi connectivity index (χ0n) is 11.4. The van der Waals surface area contributed by atoms with Crippen molar-refractivity contribution in [3.8, 4) is 0 Å². The van der Waals surface area contributed by atoms with Gasteiger partial charge in [-0.25, -0.2) is 4.98 Å². The summed E-state index contributed by atoms with van der Waals surface area (Å²) in [5, 5.41) is 3.58. The number of imidazole rings is 1. The Balaban J connectivity index is 1.43. The predicted octanol–water partition coefficient (Wildman–Crippen LogP) is 2.19. The summed E-state index contributed by atoms with van der Waals surface area (Å²) in [5.74, 6) is 0. The fraction of sp³-hybridized carbons (Fsp3) is 0.533. The largest absolute Gasteiger partial charge is 0.381 e. The molecule has 102 valence electrons. The first-order valence-corrected chi connectivity index (χ1v) is 7.03. The van der Waals surface area contributed by atoms with Crippen LogP contribution in [0.1, 0.15) is 19.3 Å². The molecule has 4 nitrogen and oxygen atoms in total. The second-order valence-electron chi connectivity index (χ2n) is 5.26. The molecule has 1 aromatic heterocycles. The first-order valence-electron chi connectivity index (χ1n) is 7.03. The van der Waals surface area contributed by atoms with Gasteiger partial charge in [-0.05, 0) is 37.9 Å². The van der Waals surface area contributed by atoms with Crippen LogP contribution in [0, 0.1) is 0 Å². The summed E-state index contributed by atoms with van der Waals surface area (Å²) >= 11 is 0. The predicted molar refractivity (Wildman–Crippen MR) is 76.2 cm³/mol. The Labute approximate surface area is 113 Å². The van der Waals surface area contributed by atoms with E-state index in [2.05, 4.69) is 33.1 Å². The molecule has 0 saturated heterocycles. The Bertz CT molecular complexity index is 531. The number of aryl methyl sites for hydroxylation is 1. The summed E-state index contributed by atoms with van der Waals surface area (Å²) < 4.78 is 7.51. The highest BCUT2D eigenvalue weighted by atomic mass is 16.5. The molecule has 0 radical (unpaired) electrons. The second-order valence-corrected chi connectivity index (χ2v) is 5.26. The fourth-order valence-corrected chi connectivity index (χ4v) is 2.67. The minimum Gasteiger partial charge on any atom is -0.381 e. The van der Waals surface area contributed by atoms with Crippen LogP contribution in [0.25, 0.3) is 11.0 Å². The van der Waals surface area contributed by atoms with Gasteiger partial charge in [0.1, 0.15) is 0 Å². The smallest absolute Gasteiger partial charge is 0.0958 e. The lowest BCUT2D eigenvalue weighted by Gasteiger charge is -2.34. The van der Waals surface area contributed by atoms with E-state index in [4.69, 9.17) is 4.74 Å². The normalized spacial score (nSPS) is 22.6. The molecule has 1 N–H and O–H groups in total. The Hall–Kier alpha value is -1.39. The molecule has 0 unspecified atom stereocenters. The molecule has 0 amide bonds. The van der Waals surface area contributed by atoms with E-state index >= 15 is 0 Å². The average molecular weight is 259 g/mol. The minimum atomic E-state index is 0.482. The van der Waals surface area contributed by atoms with Crippen LogP contribution in [0.15, 0.2) is 30.6 Å². The van der Waals surface area contributed by atoms with Crippen LogP contribution in [-0.4, -0.2) is 35.4 Å². The summed E-state index contributed by atoms with van der Waals surface area (Å²) in [7, 11) is 1.80. The minimum absolute atomic E-state index is 0.482. The van der Waals surface area contributed by atoms with Gasteiger partial charge in [0.25, 0.3) is 0 Å². The van der Waals surface area contributed by atoms with E-state index in [0.29, 0.717) is 12.1 Å². The van der Waals surface area contributed by atoms with Crippen molar-refractivity contribution in [3.63, 3.8) is 0 Å². The van der Waals surface area contributed by atoms with Crippen LogP contribution in [0.4, 0.5) is 0 Å². The van der Waals surface area contributed by atoms with Crippen LogP contribution in [0.5, 0.6) is 0 Å². The van der Waals surface area contributed by atoms with Gasteiger partial charge in [0.05, 0.1) is 23.5 Å². The SMILES string of the molecule is COC1CC(NCCCn2cnc3ccccc32)C1. The van der Waals surface area contributed by atoms with Crippen molar-refractivity contribution < 1.29 is 4.74 Å². The molecular weight excluding hydrogens is 238 g/mol. The van der Waals surface area contributed by atoms with Crippen LogP contribution in [-0.2, 0) is 11.3 Å². The molecular formula is C15H21N3O. The summed E-state index contributed by atoms with van der Waals surface area (Å²) in [6.45, 7) is 2.08. The molecule has 2 aromatic rings. The number of aromatic nitrogens is 2. The fourth-order valence-electron chi connectivity index (χ4n) is 2.67. The molecule has 1 fully saturated rings. The topological polar surface area (TPSA) is 39.1 Å². The van der Waals surface area contributed by atoms with Gasteiger partial charge >= 0.3 is 0 Å². The number of ether oxygens (including phenoxy) is 1. The van der Waals surface area contributed by atoms with E-state index < -0.39 is 0 Å². The Morgan fingerprint density at radius 2 is 2.21 bits per heavy atom. The third-order valence-electron chi connectivity index (χ3n) is 3.96. The Kier molecular flexibility index (Phi) is 3.80. The zero-order chi connectivity index (χ0) is 13.1. The van der Waals surface area contributed by atoms with E-state index in [0.717, 1.165) is 37.9 Å². The van der Waals surface area contributed by atoms with Gasteiger partial charge in [0, 0.05) is 19.7 Å². The molecule has 1 aliphatic rings. The maximum absolute atomic E-state index is 5.28. The van der Waals surface area contributed by atoms with Crippen molar-refractivity contribution in [1.82, 2.24) is 14.9 Å². The molecule has 1 heterocycles. The molecule has 0 atom stereocenters. The van der Waals surface area contributed by atoms with Crippen molar-refractivity contribution in [1.29, 1.82) is 0 Å². The number of para-hydroxylation sites is 2. The lowest BCUT2D eigenvalue weighted by molar-refractivity contribution is 0.0175. The monoisotopic (exact) mass is 259 g/mol. The number of nitrogens with zero attached hydrogens (tertiary/aromatic N) is 2. The third kappa shape index (κ3) is 2.80. The zero-order valence-corrected chi connectivity index (χ0v) is 11.4. The van der Waals surface area contributed by atoms with Crippen LogP contribution in [0.2, 0.25) is 0 Å². The lowest BCUT2D eigenvalue weighted by Crippen LogP contribution is -2.45. The van der Waals surface area contributed by atoms with Crippen molar-refractivity contribution in [3.05, 3.63) is 30.6 Å². The summed E-state index contributed by atoms with van der Waals surface area (Å²) in [4.78, 5) is 4.41. The van der Waals surface area contributed by atoms with Gasteiger partial charge in [-0.1, -0.05) is 12.1 Å². The highest BCUT2D eigenvalue weighted by molar-refractivity contribution is 5.74. The van der Waals surface area contributed by atoms with Gasteiger partial charge in [0.2, 0.25) is 0 Å². The number of hydrogen-bond acceptors (Lipinski definition) is 3. The van der Waals surface area contributed by atoms with Crippen molar-refractivity contribution in [2.75, 3.05) is 13.7 Å². The molecule has 1 saturated carbocycles. The number of nitrogens with one attached hydrogen (secondary N) is 1. The molecule has 1 aromatic carbocycles. The van der Waals surface area contributed by atoms with E-state index in [1.165, 1.54) is 5.52 Å². The molecule has 3 rings (SSSR count). The molecule has 19 heavy (non-hydrogen) atoms. The van der Waals surface area contributed by atoms with Crippen molar-refractivity contribution >= 4 is 11.0 Å². The van der Waals surface area contributed by atoms with Crippen LogP contribution >= 0.6 is 0 Å². The Morgan fingerprint density at radius 1 is 1.37 bits per heavy atom. The molecule has 0 spiro atoms. The number of fused-ring (bicyclic) bond motifs is 1. The molecule has 0 bridgehead atoms. The molecule has 1 aliphatic carbocycles. The number of rotatable bonds is 6. The highest BCUT2D eigenvalue weighted by Gasteiger charge is 2.27. The van der Waals surface area contributed by atoms with Crippen molar-refractivity contribution in [2.24, 2.45) is 0 Å². The Morgan fingerprint density at radius 3 is 3.05 bits per heavy atom. The van der Waals surface area contributed by atoms with Gasteiger partial charge in [-0.15, -0.1) is 0 Å². The van der Waals surface area contributed by atoms with E-state index in [1.54, 1.807) is 7.11 Å². The third-order valence-corrected chi connectivity index (χ3v) is 3.96. The standard InChI is InChI=1S/C15H21N3O/c1-19-13-9-12(10-13)16-7-4-8-18-11-17-14-5-2-3-6-15(14)18/h2-3,5-6,11-13,16H,4,7-10H2,1H3. The van der Waals surface area contributed by atoms with E-state index in [9.17, 15) is 0 Å². The van der Waals surface area contributed by atoms with Gasteiger partial charge in [-0.2, -0.15) is 0 Å². The number of benzene rings is 1. The number of methoxy groups -OCH3 is 1. The van der Waals surface area contributed by atoms with Crippen molar-refractivity contribution in [2.45, 2.75) is 38.0 Å². The first-order chi connectivity index (χ1) is 9.36. The summed E-state index contributed by atoms with van der Waals surface area (Å²) in [6.07, 6.45) is 5.87. The van der Waals surface area contributed by atoms with Gasteiger partial charge < -0.3 is 14.6 Å². The average Bonchev–Trinajstić information content (AvgIpc) is 2.80. The quantitative estimate of drug-likeness (QED) is 0.808. The number of hydrogen-bond donors (Lipinski definition) is 1. The van der Waals surface area contributed by atoms with Gasteiger partial charge in [-0.3, -0.25) is 0 Å². The second kappa shape index (κ2) is 5.72. The molecule has 0 aliphatic heterocycles.